The average Bonchev–Trinajstić information content (AvgIpc) is 2.80. The molecule has 21 heavy (non-hydrogen) atoms. The van der Waals surface area contributed by atoms with Crippen molar-refractivity contribution in [2.24, 2.45) is 0 Å². The van der Waals surface area contributed by atoms with Gasteiger partial charge in [0.2, 0.25) is 0 Å². The maximum absolute atomic E-state index is 14.0. The normalized spacial score (nSPS) is 11.3. The maximum Gasteiger partial charge on any atom is 0.183 e. The molecule has 0 radical (unpaired) electrons. The highest BCUT2D eigenvalue weighted by atomic mass is 127. The van der Waals surface area contributed by atoms with Gasteiger partial charge in [-0.2, -0.15) is 0 Å². The van der Waals surface area contributed by atoms with Crippen LogP contribution in [-0.4, -0.2) is 9.55 Å². The zero-order chi connectivity index (χ0) is 15.1. The van der Waals surface area contributed by atoms with Crippen LogP contribution in [0.2, 0.25) is 0 Å². The van der Waals surface area contributed by atoms with E-state index in [1.807, 2.05) is 0 Å². The first kappa shape index (κ1) is 14.6. The van der Waals surface area contributed by atoms with Crippen molar-refractivity contribution in [2.75, 3.05) is 0 Å². The Morgan fingerprint density at radius 2 is 1.90 bits per heavy atom. The third-order valence-corrected chi connectivity index (χ3v) is 3.93. The maximum atomic E-state index is 14.0. The molecule has 1 heterocycles. The minimum atomic E-state index is -1.25. The fraction of sp³-hybridized carbons (Fsp3) is 0.0714. The number of nitrogens with zero attached hydrogens (tertiary/aromatic N) is 2. The molecule has 3 aromatic rings. The Kier molecular flexibility index (Phi) is 3.83. The summed E-state index contributed by atoms with van der Waals surface area (Å²) >= 11 is 7.95. The lowest BCUT2D eigenvalue weighted by Gasteiger charge is -2.10. The van der Waals surface area contributed by atoms with Gasteiger partial charge >= 0.3 is 0 Å². The molecule has 0 amide bonds. The minimum Gasteiger partial charge on any atom is -0.292 e. The molecule has 7 heteroatoms. The van der Waals surface area contributed by atoms with Crippen LogP contribution in [-0.2, 0) is 5.88 Å². The molecule has 1 aromatic heterocycles. The molecule has 0 atom stereocenters. The smallest absolute Gasteiger partial charge is 0.183 e. The standard InChI is InChI=1S/C14H7ClF3IN2/c15-6-13-20-10-5-8(19)1-2-11(10)21(13)12-4-7(16)3-9(17)14(12)18/h1-5H,6H2. The molecular formula is C14H7ClF3IN2. The number of hydrogen-bond donors (Lipinski definition) is 0. The Morgan fingerprint density at radius 1 is 1.14 bits per heavy atom. The molecule has 0 spiro atoms. The fourth-order valence-corrected chi connectivity index (χ4v) is 2.82. The molecule has 2 aromatic carbocycles. The Balaban J connectivity index is 2.39. The van der Waals surface area contributed by atoms with E-state index in [2.05, 4.69) is 27.6 Å². The lowest BCUT2D eigenvalue weighted by atomic mass is 10.2. The summed E-state index contributed by atoms with van der Waals surface area (Å²) in [7, 11) is 0. The minimum absolute atomic E-state index is 0.0111. The van der Waals surface area contributed by atoms with Crippen molar-refractivity contribution >= 4 is 45.2 Å². The molecule has 2 nitrogen and oxygen atoms in total. The summed E-state index contributed by atoms with van der Waals surface area (Å²) in [4.78, 5) is 4.28. The lowest BCUT2D eigenvalue weighted by molar-refractivity contribution is 0.490. The average molecular weight is 423 g/mol. The van der Waals surface area contributed by atoms with Crippen LogP contribution in [0.4, 0.5) is 13.2 Å². The Hall–Kier alpha value is -1.28. The number of imidazole rings is 1. The Labute approximate surface area is 136 Å². The Morgan fingerprint density at radius 3 is 2.62 bits per heavy atom. The number of benzene rings is 2. The van der Waals surface area contributed by atoms with E-state index in [0.717, 1.165) is 9.64 Å². The van der Waals surface area contributed by atoms with Crippen molar-refractivity contribution in [3.63, 3.8) is 0 Å². The van der Waals surface area contributed by atoms with Crippen LogP contribution in [0.25, 0.3) is 16.7 Å². The van der Waals surface area contributed by atoms with E-state index < -0.39 is 17.5 Å². The molecule has 108 valence electrons. The summed E-state index contributed by atoms with van der Waals surface area (Å²) in [6.45, 7) is 0. The van der Waals surface area contributed by atoms with E-state index in [9.17, 15) is 13.2 Å². The second-order valence-corrected chi connectivity index (χ2v) is 5.86. The molecule has 0 saturated heterocycles. The second-order valence-electron chi connectivity index (χ2n) is 4.35. The summed E-state index contributed by atoms with van der Waals surface area (Å²) in [6, 6.07) is 6.72. The van der Waals surface area contributed by atoms with Crippen LogP contribution < -0.4 is 0 Å². The predicted molar refractivity (Wildman–Crippen MR) is 83.2 cm³/mol. The quantitative estimate of drug-likeness (QED) is 0.330. The molecule has 0 bridgehead atoms. The molecule has 0 saturated carbocycles. The monoisotopic (exact) mass is 422 g/mol. The summed E-state index contributed by atoms with van der Waals surface area (Å²) in [5, 5.41) is 0. The number of aromatic nitrogens is 2. The van der Waals surface area contributed by atoms with Crippen molar-refractivity contribution < 1.29 is 13.2 Å². The van der Waals surface area contributed by atoms with Crippen LogP contribution in [0, 0.1) is 21.0 Å². The van der Waals surface area contributed by atoms with Gasteiger partial charge in [-0.05, 0) is 40.8 Å². The highest BCUT2D eigenvalue weighted by Crippen LogP contribution is 2.27. The van der Waals surface area contributed by atoms with Crippen LogP contribution in [0.5, 0.6) is 0 Å². The van der Waals surface area contributed by atoms with Crippen molar-refractivity contribution in [3.05, 3.63) is 57.2 Å². The summed E-state index contributed by atoms with van der Waals surface area (Å²) in [6.07, 6.45) is 0. The SMILES string of the molecule is Fc1cc(F)c(F)c(-n2c(CCl)nc3cc(I)ccc32)c1. The van der Waals surface area contributed by atoms with Crippen molar-refractivity contribution in [1.82, 2.24) is 9.55 Å². The first-order chi connectivity index (χ1) is 10.0. The molecule has 0 N–H and O–H groups in total. The van der Waals surface area contributed by atoms with Crippen LogP contribution in [0.3, 0.4) is 0 Å². The third kappa shape index (κ3) is 2.50. The lowest BCUT2D eigenvalue weighted by Crippen LogP contribution is -2.04. The van der Waals surface area contributed by atoms with Crippen LogP contribution in [0.15, 0.2) is 30.3 Å². The van der Waals surface area contributed by atoms with Gasteiger partial charge in [0.1, 0.15) is 11.6 Å². The number of fused-ring (bicyclic) bond motifs is 1. The molecule has 0 aliphatic carbocycles. The zero-order valence-electron chi connectivity index (χ0n) is 10.4. The van der Waals surface area contributed by atoms with Gasteiger partial charge in [0.25, 0.3) is 0 Å². The molecule has 0 aliphatic heterocycles. The molecule has 0 aliphatic rings. The molecule has 3 rings (SSSR count). The highest BCUT2D eigenvalue weighted by molar-refractivity contribution is 14.1. The van der Waals surface area contributed by atoms with Gasteiger partial charge in [0.15, 0.2) is 11.6 Å². The van der Waals surface area contributed by atoms with Crippen LogP contribution >= 0.6 is 34.2 Å². The van der Waals surface area contributed by atoms with Crippen molar-refractivity contribution in [1.29, 1.82) is 0 Å². The fourth-order valence-electron chi connectivity index (χ4n) is 2.17. The molecule has 0 unspecified atom stereocenters. The number of rotatable bonds is 2. The van der Waals surface area contributed by atoms with E-state index in [4.69, 9.17) is 11.6 Å². The predicted octanol–water partition coefficient (Wildman–Crippen LogP) is 4.79. The molecule has 0 fully saturated rings. The first-order valence-electron chi connectivity index (χ1n) is 5.89. The van der Waals surface area contributed by atoms with E-state index >= 15 is 0 Å². The second kappa shape index (κ2) is 5.49. The van der Waals surface area contributed by atoms with Gasteiger partial charge in [-0.1, -0.05) is 0 Å². The van der Waals surface area contributed by atoms with Crippen LogP contribution in [0.1, 0.15) is 5.82 Å². The van der Waals surface area contributed by atoms with Gasteiger partial charge < -0.3 is 0 Å². The molecular weight excluding hydrogens is 416 g/mol. The van der Waals surface area contributed by atoms with E-state index in [-0.39, 0.29) is 11.6 Å². The van der Waals surface area contributed by atoms with Gasteiger partial charge in [-0.25, -0.2) is 18.2 Å². The van der Waals surface area contributed by atoms with E-state index in [0.29, 0.717) is 22.9 Å². The summed E-state index contributed by atoms with van der Waals surface area (Å²) in [5.74, 6) is -2.95. The van der Waals surface area contributed by atoms with E-state index in [1.165, 1.54) is 4.57 Å². The third-order valence-electron chi connectivity index (χ3n) is 3.02. The largest absolute Gasteiger partial charge is 0.292 e. The number of hydrogen-bond acceptors (Lipinski definition) is 1. The van der Waals surface area contributed by atoms with Gasteiger partial charge in [-0.15, -0.1) is 11.6 Å². The van der Waals surface area contributed by atoms with Gasteiger partial charge in [0.05, 0.1) is 22.6 Å². The van der Waals surface area contributed by atoms with Crippen molar-refractivity contribution in [3.8, 4) is 5.69 Å². The topological polar surface area (TPSA) is 17.8 Å². The van der Waals surface area contributed by atoms with E-state index in [1.54, 1.807) is 18.2 Å². The summed E-state index contributed by atoms with van der Waals surface area (Å²) in [5.41, 5.74) is 0.878. The first-order valence-corrected chi connectivity index (χ1v) is 7.50. The van der Waals surface area contributed by atoms with Gasteiger partial charge in [0, 0.05) is 15.7 Å². The number of halogens is 5. The zero-order valence-corrected chi connectivity index (χ0v) is 13.3. The van der Waals surface area contributed by atoms with Gasteiger partial charge in [-0.3, -0.25) is 4.57 Å². The number of alkyl halides is 1. The Bertz CT molecular complexity index is 848. The summed E-state index contributed by atoms with van der Waals surface area (Å²) < 4.78 is 43.2. The highest BCUT2D eigenvalue weighted by Gasteiger charge is 2.18. The van der Waals surface area contributed by atoms with Crippen molar-refractivity contribution in [2.45, 2.75) is 5.88 Å².